The van der Waals surface area contributed by atoms with Crippen molar-refractivity contribution in [1.82, 2.24) is 0 Å². The van der Waals surface area contributed by atoms with Crippen LogP contribution in [0.5, 0.6) is 5.75 Å². The van der Waals surface area contributed by atoms with E-state index < -0.39 is 30.3 Å². The minimum atomic E-state index is -0.663. The largest absolute Gasteiger partial charge is 0.494 e. The smallest absolute Gasteiger partial charge is 0.480 e. The van der Waals surface area contributed by atoms with E-state index >= 15 is 0 Å². The molecule has 1 aliphatic heterocycles. The van der Waals surface area contributed by atoms with Crippen molar-refractivity contribution in [2.45, 2.75) is 58.8 Å². The van der Waals surface area contributed by atoms with Gasteiger partial charge in [-0.25, -0.2) is 0 Å². The van der Waals surface area contributed by atoms with Crippen LogP contribution in [0.4, 0.5) is 0 Å². The molecule has 0 spiro atoms. The second-order valence-corrected chi connectivity index (χ2v) is 7.35. The molecule has 1 amide bonds. The Kier molecular flexibility index (Phi) is 4.78. The molecular formula is C17H26BNO4. The van der Waals surface area contributed by atoms with Crippen molar-refractivity contribution in [3.05, 3.63) is 24.3 Å². The summed E-state index contributed by atoms with van der Waals surface area (Å²) in [6, 6.07) is 7.41. The highest BCUT2D eigenvalue weighted by molar-refractivity contribution is 6.62. The lowest BCUT2D eigenvalue weighted by atomic mass is 9.79. The number of rotatable bonds is 5. The van der Waals surface area contributed by atoms with Crippen LogP contribution in [0.2, 0.25) is 0 Å². The molecule has 23 heavy (non-hydrogen) atoms. The highest BCUT2D eigenvalue weighted by Gasteiger charge is 2.51. The van der Waals surface area contributed by atoms with E-state index in [0.717, 1.165) is 5.46 Å². The summed E-state index contributed by atoms with van der Waals surface area (Å²) in [5.74, 6) is 0.101. The van der Waals surface area contributed by atoms with Gasteiger partial charge in [-0.05, 0) is 51.2 Å². The molecule has 0 saturated carbocycles. The van der Waals surface area contributed by atoms with Gasteiger partial charge < -0.3 is 19.8 Å². The van der Waals surface area contributed by atoms with Gasteiger partial charge in [0.2, 0.25) is 0 Å². The normalized spacial score (nSPS) is 20.6. The van der Waals surface area contributed by atoms with Crippen LogP contribution >= 0.6 is 0 Å². The van der Waals surface area contributed by atoms with E-state index in [1.165, 1.54) is 0 Å². The predicted molar refractivity (Wildman–Crippen MR) is 90.6 cm³/mol. The van der Waals surface area contributed by atoms with Gasteiger partial charge in [0.1, 0.15) is 5.75 Å². The molecule has 126 valence electrons. The number of carbonyl (C=O) groups is 1. The van der Waals surface area contributed by atoms with E-state index in [9.17, 15) is 4.79 Å². The lowest BCUT2D eigenvalue weighted by Gasteiger charge is -2.32. The summed E-state index contributed by atoms with van der Waals surface area (Å²) in [5, 5.41) is 0. The topological polar surface area (TPSA) is 70.8 Å². The molecule has 6 heteroatoms. The van der Waals surface area contributed by atoms with Gasteiger partial charge in [-0.3, -0.25) is 4.79 Å². The monoisotopic (exact) mass is 319 g/mol. The molecule has 0 aromatic heterocycles. The predicted octanol–water partition coefficient (Wildman–Crippen LogP) is 1.87. The molecule has 0 bridgehead atoms. The van der Waals surface area contributed by atoms with Crippen molar-refractivity contribution < 1.29 is 18.8 Å². The zero-order chi connectivity index (χ0) is 17.4. The van der Waals surface area contributed by atoms with Crippen LogP contribution in [0.3, 0.4) is 0 Å². The van der Waals surface area contributed by atoms with Gasteiger partial charge in [0, 0.05) is 0 Å². The summed E-state index contributed by atoms with van der Waals surface area (Å²) < 4.78 is 17.8. The first kappa shape index (κ1) is 17.8. The molecule has 0 aliphatic carbocycles. The number of nitrogens with two attached hydrogens (primary N) is 1. The molecule has 1 unspecified atom stereocenters. The summed E-state index contributed by atoms with van der Waals surface area (Å²) >= 11 is 0. The highest BCUT2D eigenvalue weighted by atomic mass is 16.7. The van der Waals surface area contributed by atoms with E-state index in [-0.39, 0.29) is 5.92 Å². The minimum Gasteiger partial charge on any atom is -0.480 e. The number of primary amides is 1. The SMILES string of the molecule is CC(C)C(Oc1cccc(B2OC(C)(C)C(C)(C)O2)c1)C(N)=O. The lowest BCUT2D eigenvalue weighted by molar-refractivity contribution is -0.126. The van der Waals surface area contributed by atoms with Gasteiger partial charge in [-0.1, -0.05) is 26.0 Å². The fourth-order valence-electron chi connectivity index (χ4n) is 2.38. The molecule has 1 saturated heterocycles. The Morgan fingerprint density at radius 3 is 2.22 bits per heavy atom. The number of hydrogen-bond donors (Lipinski definition) is 1. The van der Waals surface area contributed by atoms with Crippen molar-refractivity contribution in [3.8, 4) is 5.75 Å². The van der Waals surface area contributed by atoms with Crippen molar-refractivity contribution in [3.63, 3.8) is 0 Å². The maximum Gasteiger partial charge on any atom is 0.494 e. The Hall–Kier alpha value is -1.53. The van der Waals surface area contributed by atoms with Gasteiger partial charge >= 0.3 is 7.12 Å². The molecule has 1 aromatic carbocycles. The van der Waals surface area contributed by atoms with E-state index in [0.29, 0.717) is 5.75 Å². The second-order valence-electron chi connectivity index (χ2n) is 7.35. The summed E-state index contributed by atoms with van der Waals surface area (Å²) in [5.41, 5.74) is 5.46. The summed E-state index contributed by atoms with van der Waals surface area (Å²) in [6.45, 7) is 11.8. The van der Waals surface area contributed by atoms with Crippen LogP contribution in [0, 0.1) is 5.92 Å². The van der Waals surface area contributed by atoms with Crippen LogP contribution in [0.1, 0.15) is 41.5 Å². The third-order valence-electron chi connectivity index (χ3n) is 4.53. The third-order valence-corrected chi connectivity index (χ3v) is 4.53. The summed E-state index contributed by atoms with van der Waals surface area (Å²) in [4.78, 5) is 11.5. The van der Waals surface area contributed by atoms with Crippen LogP contribution in [-0.4, -0.2) is 30.3 Å². The molecule has 1 fully saturated rings. The maximum atomic E-state index is 11.5. The molecule has 5 nitrogen and oxygen atoms in total. The molecule has 1 atom stereocenters. The fourth-order valence-corrected chi connectivity index (χ4v) is 2.38. The van der Waals surface area contributed by atoms with Gasteiger partial charge in [0.25, 0.3) is 5.91 Å². The number of benzene rings is 1. The Labute approximate surface area is 138 Å². The summed E-state index contributed by atoms with van der Waals surface area (Å²) in [6.07, 6.45) is -0.663. The van der Waals surface area contributed by atoms with Gasteiger partial charge in [-0.15, -0.1) is 0 Å². The first-order valence-electron chi connectivity index (χ1n) is 7.95. The highest BCUT2D eigenvalue weighted by Crippen LogP contribution is 2.36. The number of ether oxygens (including phenoxy) is 1. The fraction of sp³-hybridized carbons (Fsp3) is 0.588. The molecule has 2 rings (SSSR count). The molecule has 2 N–H and O–H groups in total. The average Bonchev–Trinajstić information content (AvgIpc) is 2.64. The Morgan fingerprint density at radius 1 is 1.17 bits per heavy atom. The molecule has 1 aromatic rings. The van der Waals surface area contributed by atoms with Gasteiger partial charge in [0.15, 0.2) is 6.10 Å². The number of amides is 1. The molecular weight excluding hydrogens is 293 g/mol. The Bertz CT molecular complexity index is 570. The van der Waals surface area contributed by atoms with E-state index in [2.05, 4.69) is 0 Å². The second kappa shape index (κ2) is 6.17. The van der Waals surface area contributed by atoms with Crippen LogP contribution < -0.4 is 15.9 Å². The molecule has 1 heterocycles. The zero-order valence-electron chi connectivity index (χ0n) is 14.8. The maximum absolute atomic E-state index is 11.5. The minimum absolute atomic E-state index is 0.00648. The van der Waals surface area contributed by atoms with Gasteiger partial charge in [-0.2, -0.15) is 0 Å². The van der Waals surface area contributed by atoms with Crippen LogP contribution in [0.25, 0.3) is 0 Å². The Morgan fingerprint density at radius 2 is 1.74 bits per heavy atom. The van der Waals surface area contributed by atoms with E-state index in [4.69, 9.17) is 19.8 Å². The quantitative estimate of drug-likeness (QED) is 0.841. The van der Waals surface area contributed by atoms with Crippen LogP contribution in [-0.2, 0) is 14.1 Å². The van der Waals surface area contributed by atoms with Crippen molar-refractivity contribution in [2.75, 3.05) is 0 Å². The number of carbonyl (C=O) groups excluding carboxylic acids is 1. The van der Waals surface area contributed by atoms with E-state index in [1.807, 2.05) is 59.7 Å². The lowest BCUT2D eigenvalue weighted by Crippen LogP contribution is -2.41. The zero-order valence-corrected chi connectivity index (χ0v) is 14.8. The van der Waals surface area contributed by atoms with E-state index in [1.54, 1.807) is 6.07 Å². The van der Waals surface area contributed by atoms with Crippen LogP contribution in [0.15, 0.2) is 24.3 Å². The van der Waals surface area contributed by atoms with Gasteiger partial charge in [0.05, 0.1) is 11.2 Å². The van der Waals surface area contributed by atoms with Crippen molar-refractivity contribution >= 4 is 18.5 Å². The first-order valence-corrected chi connectivity index (χ1v) is 7.95. The number of hydrogen-bond acceptors (Lipinski definition) is 4. The first-order chi connectivity index (χ1) is 10.5. The Balaban J connectivity index is 2.20. The van der Waals surface area contributed by atoms with Crippen molar-refractivity contribution in [2.24, 2.45) is 11.7 Å². The van der Waals surface area contributed by atoms with Crippen molar-refractivity contribution in [1.29, 1.82) is 0 Å². The average molecular weight is 319 g/mol. The summed E-state index contributed by atoms with van der Waals surface area (Å²) in [7, 11) is -0.463. The molecule has 1 aliphatic rings. The standard InChI is InChI=1S/C17H26BNO4/c1-11(2)14(15(19)20)21-13-9-7-8-12(10-13)18-22-16(3,4)17(5,6)23-18/h7-11,14H,1-6H3,(H2,19,20). The molecule has 0 radical (unpaired) electrons. The third kappa shape index (κ3) is 3.70.